The Morgan fingerprint density at radius 3 is 1.40 bits per heavy atom. The number of piperidine rings is 1. The van der Waals surface area contributed by atoms with Crippen molar-refractivity contribution in [1.29, 1.82) is 0 Å². The van der Waals surface area contributed by atoms with Gasteiger partial charge in [0.05, 0.1) is 12.1 Å². The van der Waals surface area contributed by atoms with Crippen LogP contribution in [0.2, 0.25) is 0 Å². The number of hydrogen-bond donors (Lipinski definition) is 2. The molecular weight excluding hydrogens is 855 g/mol. The lowest BCUT2D eigenvalue weighted by Crippen LogP contribution is -2.45. The van der Waals surface area contributed by atoms with Crippen LogP contribution in [0, 0.1) is 11.6 Å². The van der Waals surface area contributed by atoms with Crippen LogP contribution in [0.3, 0.4) is 0 Å². The highest BCUT2D eigenvalue weighted by molar-refractivity contribution is 5.97. The number of carbonyl (C=O) groups is 4. The normalized spacial score (nSPS) is 21.4. The summed E-state index contributed by atoms with van der Waals surface area (Å²) in [4.78, 5) is 59.7. The van der Waals surface area contributed by atoms with E-state index in [4.69, 9.17) is 9.47 Å². The van der Waals surface area contributed by atoms with Gasteiger partial charge in [-0.3, -0.25) is 19.4 Å². The molecule has 0 bridgehead atoms. The molecule has 12 nitrogen and oxygen atoms in total. The van der Waals surface area contributed by atoms with Gasteiger partial charge in [0.25, 0.3) is 0 Å². The number of ether oxygens (including phenoxy) is 2. The van der Waals surface area contributed by atoms with Crippen molar-refractivity contribution in [1.82, 2.24) is 9.80 Å². The van der Waals surface area contributed by atoms with Crippen LogP contribution in [-0.4, -0.2) is 83.3 Å². The quantitative estimate of drug-likeness (QED) is 0.170. The highest BCUT2D eigenvalue weighted by Crippen LogP contribution is 2.48. The zero-order valence-corrected chi connectivity index (χ0v) is 39.5. The summed E-state index contributed by atoms with van der Waals surface area (Å²) >= 11 is 0. The summed E-state index contributed by atoms with van der Waals surface area (Å²) < 4.78 is 44.1. The SMILES string of the molecule is CC(C)(C)OC(=O)N1CCCC1C(=O)Nc1ccc(C2CCC(c3ccc(NC(=O)C4CCCN4C(=O)OC(C)(C)C)cc3)N2c2cc(F)c(N3CCC(c4ccccc4)CC3)c(F)c2)cc1. The van der Waals surface area contributed by atoms with Gasteiger partial charge in [-0.2, -0.15) is 0 Å². The Hall–Kier alpha value is -6.18. The van der Waals surface area contributed by atoms with Crippen molar-refractivity contribution in [3.05, 3.63) is 119 Å². The van der Waals surface area contributed by atoms with Gasteiger partial charge in [-0.25, -0.2) is 18.4 Å². The lowest BCUT2D eigenvalue weighted by atomic mass is 9.89. The van der Waals surface area contributed by atoms with E-state index >= 15 is 8.78 Å². The van der Waals surface area contributed by atoms with Crippen LogP contribution in [0.15, 0.2) is 91.0 Å². The second kappa shape index (κ2) is 19.6. The largest absolute Gasteiger partial charge is 0.444 e. The van der Waals surface area contributed by atoms with Gasteiger partial charge in [0.15, 0.2) is 11.6 Å². The predicted octanol–water partition coefficient (Wildman–Crippen LogP) is 11.1. The lowest BCUT2D eigenvalue weighted by Gasteiger charge is -2.36. The number of rotatable bonds is 9. The summed E-state index contributed by atoms with van der Waals surface area (Å²) in [5.74, 6) is -1.49. The fraction of sp³-hybridized carbons (Fsp3) is 0.472. The summed E-state index contributed by atoms with van der Waals surface area (Å²) in [6.07, 6.45) is 4.33. The van der Waals surface area contributed by atoms with E-state index in [-0.39, 0.29) is 29.6 Å². The molecule has 4 atom stereocenters. The molecule has 4 aromatic carbocycles. The minimum Gasteiger partial charge on any atom is -0.444 e. The summed E-state index contributed by atoms with van der Waals surface area (Å²) in [6, 6.07) is 26.3. The molecule has 0 aromatic heterocycles. The highest BCUT2D eigenvalue weighted by atomic mass is 19.1. The molecule has 4 unspecified atom stereocenters. The molecule has 0 saturated carbocycles. The van der Waals surface area contributed by atoms with Gasteiger partial charge in [-0.15, -0.1) is 0 Å². The molecular formula is C53H64F2N6O6. The Labute approximate surface area is 393 Å². The first-order chi connectivity index (χ1) is 31.9. The van der Waals surface area contributed by atoms with E-state index in [1.165, 1.54) is 27.5 Å². The van der Waals surface area contributed by atoms with E-state index < -0.39 is 47.1 Å². The number of nitrogens with one attached hydrogen (secondary N) is 2. The van der Waals surface area contributed by atoms with Crippen LogP contribution in [-0.2, 0) is 19.1 Å². The molecule has 4 heterocycles. The monoisotopic (exact) mass is 918 g/mol. The molecule has 2 N–H and O–H groups in total. The molecule has 4 aliphatic heterocycles. The minimum absolute atomic E-state index is 0.0114. The number of benzene rings is 4. The maximum Gasteiger partial charge on any atom is 0.410 e. The van der Waals surface area contributed by atoms with Crippen molar-refractivity contribution in [3.63, 3.8) is 0 Å². The zero-order chi connectivity index (χ0) is 47.6. The van der Waals surface area contributed by atoms with Crippen LogP contribution in [0.25, 0.3) is 0 Å². The number of amides is 4. The fourth-order valence-corrected chi connectivity index (χ4v) is 10.2. The topological polar surface area (TPSA) is 124 Å². The first-order valence-electron chi connectivity index (χ1n) is 23.8. The van der Waals surface area contributed by atoms with E-state index in [1.807, 2.05) is 71.6 Å². The molecule has 8 rings (SSSR count). The third-order valence-corrected chi connectivity index (χ3v) is 13.3. The molecule has 67 heavy (non-hydrogen) atoms. The van der Waals surface area contributed by atoms with Gasteiger partial charge in [-0.1, -0.05) is 54.6 Å². The third-order valence-electron chi connectivity index (χ3n) is 13.3. The van der Waals surface area contributed by atoms with Crippen LogP contribution in [0.4, 0.5) is 41.1 Å². The van der Waals surface area contributed by atoms with Crippen molar-refractivity contribution in [2.45, 2.75) is 134 Å². The number of hydrogen-bond acceptors (Lipinski definition) is 8. The zero-order valence-electron chi connectivity index (χ0n) is 39.5. The molecule has 4 saturated heterocycles. The number of anilines is 4. The van der Waals surface area contributed by atoms with E-state index in [2.05, 4.69) is 27.7 Å². The smallest absolute Gasteiger partial charge is 0.410 e. The summed E-state index contributed by atoms with van der Waals surface area (Å²) in [5.41, 5.74) is 3.20. The first-order valence-corrected chi connectivity index (χ1v) is 23.8. The molecule has 4 amide bonds. The number of carbonyl (C=O) groups excluding carboxylic acids is 4. The summed E-state index contributed by atoms with van der Waals surface area (Å²) in [6.45, 7) is 12.7. The Morgan fingerprint density at radius 2 is 0.985 bits per heavy atom. The molecule has 4 aliphatic rings. The fourth-order valence-electron chi connectivity index (χ4n) is 10.2. The van der Waals surface area contributed by atoms with Gasteiger partial charge >= 0.3 is 12.2 Å². The summed E-state index contributed by atoms with van der Waals surface area (Å²) in [5, 5.41) is 5.97. The molecule has 14 heteroatoms. The maximum atomic E-state index is 16.5. The van der Waals surface area contributed by atoms with Crippen LogP contribution in [0.1, 0.15) is 128 Å². The Balaban J connectivity index is 1.02. The van der Waals surface area contributed by atoms with Crippen molar-refractivity contribution < 1.29 is 37.4 Å². The average molecular weight is 919 g/mol. The van der Waals surface area contributed by atoms with Crippen molar-refractivity contribution in [3.8, 4) is 0 Å². The second-order valence-corrected chi connectivity index (χ2v) is 20.3. The standard InChI is InChI=1S/C53H64F2N6O6/c1-52(2,3)66-50(64)59-28-10-14-45(59)48(62)56-38-20-16-36(17-21-38)43-24-25-44(37-18-22-39(23-19-37)57-49(63)46-15-11-29-60(46)51(65)67-53(4,5)6)61(43)40-32-41(54)47(42(55)33-40)58-30-26-35(27-31-58)34-12-8-7-9-13-34/h7-9,12-13,16-23,32-33,35,43-46H,10-11,14-15,24-31H2,1-6H3,(H,56,62)(H,57,63). The van der Waals surface area contributed by atoms with Gasteiger partial charge in [0, 0.05) is 43.2 Å². The van der Waals surface area contributed by atoms with E-state index in [0.29, 0.717) is 87.7 Å². The maximum absolute atomic E-state index is 16.5. The van der Waals surface area contributed by atoms with Crippen molar-refractivity contribution in [2.24, 2.45) is 0 Å². The van der Waals surface area contributed by atoms with Gasteiger partial charge in [-0.05, 0) is 152 Å². The molecule has 4 fully saturated rings. The average Bonchev–Trinajstić information content (AvgIpc) is 4.08. The van der Waals surface area contributed by atoms with Gasteiger partial charge in [0.2, 0.25) is 11.8 Å². The van der Waals surface area contributed by atoms with E-state index in [9.17, 15) is 19.2 Å². The number of likely N-dealkylation sites (tertiary alicyclic amines) is 2. The molecule has 0 aliphatic carbocycles. The lowest BCUT2D eigenvalue weighted by molar-refractivity contribution is -0.121. The van der Waals surface area contributed by atoms with E-state index in [1.54, 1.807) is 41.5 Å². The Kier molecular flexibility index (Phi) is 13.8. The van der Waals surface area contributed by atoms with Gasteiger partial charge in [0.1, 0.15) is 29.0 Å². The molecule has 0 spiro atoms. The second-order valence-electron chi connectivity index (χ2n) is 20.3. The molecule has 0 radical (unpaired) electrons. The molecule has 356 valence electrons. The Bertz CT molecular complexity index is 2280. The highest BCUT2D eigenvalue weighted by Gasteiger charge is 2.40. The van der Waals surface area contributed by atoms with Crippen LogP contribution < -0.4 is 20.4 Å². The van der Waals surface area contributed by atoms with E-state index in [0.717, 1.165) is 24.0 Å². The van der Waals surface area contributed by atoms with Crippen molar-refractivity contribution >= 4 is 46.8 Å². The van der Waals surface area contributed by atoms with Crippen LogP contribution in [0.5, 0.6) is 0 Å². The predicted molar refractivity (Wildman–Crippen MR) is 256 cm³/mol. The van der Waals surface area contributed by atoms with Gasteiger partial charge < -0.3 is 29.9 Å². The Morgan fingerprint density at radius 1 is 0.552 bits per heavy atom. The summed E-state index contributed by atoms with van der Waals surface area (Å²) in [7, 11) is 0. The van der Waals surface area contributed by atoms with Crippen LogP contribution >= 0.6 is 0 Å². The third kappa shape index (κ3) is 11.0. The minimum atomic E-state index is -0.687. The number of nitrogens with zero attached hydrogens (tertiary/aromatic N) is 4. The first kappa shape index (κ1) is 47.3. The molecule has 4 aromatic rings. The number of halogens is 2. The van der Waals surface area contributed by atoms with Crippen molar-refractivity contribution in [2.75, 3.05) is 46.6 Å².